The van der Waals surface area contributed by atoms with Crippen molar-refractivity contribution in [1.29, 1.82) is 0 Å². The Morgan fingerprint density at radius 1 is 0.933 bits per heavy atom. The molecule has 0 unspecified atom stereocenters. The Kier molecular flexibility index (Phi) is 4.41. The first kappa shape index (κ1) is 18.3. The molecule has 0 amide bonds. The third-order valence-corrected chi connectivity index (χ3v) is 4.97. The van der Waals surface area contributed by atoms with Crippen molar-refractivity contribution >= 4 is 28.5 Å². The van der Waals surface area contributed by atoms with Gasteiger partial charge in [-0.25, -0.2) is 4.79 Å². The third-order valence-electron chi connectivity index (χ3n) is 4.72. The van der Waals surface area contributed by atoms with Crippen LogP contribution in [0.2, 0.25) is 5.02 Å². The fourth-order valence-electron chi connectivity index (χ4n) is 3.19. The number of benzene rings is 3. The highest BCUT2D eigenvalue weighted by molar-refractivity contribution is 6.30. The molecule has 0 aliphatic carbocycles. The molecule has 0 fully saturated rings. The summed E-state index contributed by atoms with van der Waals surface area (Å²) < 4.78 is 21.6. The summed E-state index contributed by atoms with van der Waals surface area (Å²) >= 11 is 5.91. The minimum absolute atomic E-state index is 0.121. The van der Waals surface area contributed by atoms with Crippen molar-refractivity contribution in [3.05, 3.63) is 87.7 Å². The van der Waals surface area contributed by atoms with Crippen LogP contribution in [0.1, 0.15) is 10.4 Å². The van der Waals surface area contributed by atoms with E-state index >= 15 is 0 Å². The first-order chi connectivity index (χ1) is 14.6. The van der Waals surface area contributed by atoms with Crippen LogP contribution in [0.4, 0.5) is 0 Å². The van der Waals surface area contributed by atoms with Crippen molar-refractivity contribution in [2.24, 2.45) is 0 Å². The molecule has 1 aliphatic heterocycles. The molecule has 6 nitrogen and oxygen atoms in total. The van der Waals surface area contributed by atoms with E-state index in [0.29, 0.717) is 44.2 Å². The summed E-state index contributed by atoms with van der Waals surface area (Å²) in [6.45, 7) is 0.121. The maximum absolute atomic E-state index is 12.9. The second-order valence-corrected chi connectivity index (χ2v) is 7.04. The molecule has 2 heterocycles. The van der Waals surface area contributed by atoms with Gasteiger partial charge >= 0.3 is 5.97 Å². The van der Waals surface area contributed by atoms with Gasteiger partial charge in [-0.05, 0) is 48.0 Å². The molecular weight excluding hydrogens is 408 g/mol. The number of carbonyl (C=O) groups is 1. The van der Waals surface area contributed by atoms with E-state index in [2.05, 4.69) is 0 Å². The zero-order valence-electron chi connectivity index (χ0n) is 15.4. The lowest BCUT2D eigenvalue weighted by atomic mass is 10.1. The Labute approximate surface area is 175 Å². The molecule has 0 atom stereocenters. The van der Waals surface area contributed by atoms with Crippen molar-refractivity contribution in [3.63, 3.8) is 0 Å². The van der Waals surface area contributed by atoms with E-state index in [4.69, 9.17) is 30.2 Å². The van der Waals surface area contributed by atoms with Gasteiger partial charge in [0.25, 0.3) is 0 Å². The number of hydrogen-bond acceptors (Lipinski definition) is 6. The lowest BCUT2D eigenvalue weighted by Crippen LogP contribution is -2.09. The summed E-state index contributed by atoms with van der Waals surface area (Å²) in [7, 11) is 0. The van der Waals surface area contributed by atoms with E-state index in [-0.39, 0.29) is 18.0 Å². The van der Waals surface area contributed by atoms with Gasteiger partial charge in [-0.15, -0.1) is 0 Å². The first-order valence-corrected chi connectivity index (χ1v) is 9.39. The van der Waals surface area contributed by atoms with Gasteiger partial charge in [-0.3, -0.25) is 4.79 Å². The summed E-state index contributed by atoms with van der Waals surface area (Å²) in [5.74, 6) is 0.763. The number of ether oxygens (including phenoxy) is 3. The molecule has 0 spiro atoms. The Morgan fingerprint density at radius 3 is 2.57 bits per heavy atom. The average Bonchev–Trinajstić information content (AvgIpc) is 3.23. The molecule has 0 saturated carbocycles. The predicted octanol–water partition coefficient (Wildman–Crippen LogP) is 5.06. The van der Waals surface area contributed by atoms with Gasteiger partial charge in [-0.1, -0.05) is 23.7 Å². The highest BCUT2D eigenvalue weighted by Crippen LogP contribution is 2.33. The number of rotatable bonds is 3. The van der Waals surface area contributed by atoms with E-state index < -0.39 is 5.97 Å². The Bertz CT molecular complexity index is 1340. The van der Waals surface area contributed by atoms with Crippen molar-refractivity contribution in [3.8, 4) is 28.4 Å². The van der Waals surface area contributed by atoms with E-state index in [9.17, 15) is 9.59 Å². The van der Waals surface area contributed by atoms with Gasteiger partial charge in [0.1, 0.15) is 17.6 Å². The zero-order chi connectivity index (χ0) is 20.7. The van der Waals surface area contributed by atoms with Gasteiger partial charge in [0.15, 0.2) is 16.9 Å². The SMILES string of the molecule is O=C(Oc1ccc2c(=O)c(-c3ccc(Cl)cc3)coc2c1)c1ccc2c(c1)OCO2. The summed E-state index contributed by atoms with van der Waals surface area (Å²) in [5.41, 5.74) is 1.57. The summed E-state index contributed by atoms with van der Waals surface area (Å²) in [4.78, 5) is 25.3. The maximum Gasteiger partial charge on any atom is 0.343 e. The normalized spacial score (nSPS) is 12.2. The average molecular weight is 421 g/mol. The van der Waals surface area contributed by atoms with Crippen LogP contribution in [0.5, 0.6) is 17.2 Å². The van der Waals surface area contributed by atoms with Crippen molar-refractivity contribution in [1.82, 2.24) is 0 Å². The fraction of sp³-hybridized carbons (Fsp3) is 0.0435. The van der Waals surface area contributed by atoms with E-state index in [1.165, 1.54) is 12.3 Å². The van der Waals surface area contributed by atoms with Crippen molar-refractivity contribution in [2.45, 2.75) is 0 Å². The van der Waals surface area contributed by atoms with E-state index in [1.807, 2.05) is 0 Å². The molecular formula is C23H13ClO6. The summed E-state index contributed by atoms with van der Waals surface area (Å²) in [6, 6.07) is 16.4. The van der Waals surface area contributed by atoms with Crippen molar-refractivity contribution < 1.29 is 23.4 Å². The van der Waals surface area contributed by atoms with Crippen LogP contribution < -0.4 is 19.6 Å². The van der Waals surface area contributed by atoms with Crippen LogP contribution >= 0.6 is 11.6 Å². The molecule has 0 N–H and O–H groups in total. The largest absolute Gasteiger partial charge is 0.463 e. The summed E-state index contributed by atoms with van der Waals surface area (Å²) in [5, 5.41) is 0.961. The molecule has 0 radical (unpaired) electrons. The smallest absolute Gasteiger partial charge is 0.343 e. The topological polar surface area (TPSA) is 75.0 Å². The van der Waals surface area contributed by atoms with Crippen LogP contribution in [-0.2, 0) is 0 Å². The second-order valence-electron chi connectivity index (χ2n) is 6.60. The number of hydrogen-bond donors (Lipinski definition) is 0. The highest BCUT2D eigenvalue weighted by Gasteiger charge is 2.18. The molecule has 148 valence electrons. The van der Waals surface area contributed by atoms with Gasteiger partial charge < -0.3 is 18.6 Å². The molecule has 1 aromatic heterocycles. The van der Waals surface area contributed by atoms with Gasteiger partial charge in [0.2, 0.25) is 6.79 Å². The number of fused-ring (bicyclic) bond motifs is 2. The lowest BCUT2D eigenvalue weighted by molar-refractivity contribution is 0.0734. The number of esters is 1. The third kappa shape index (κ3) is 3.27. The van der Waals surface area contributed by atoms with Gasteiger partial charge in [0, 0.05) is 11.1 Å². The molecule has 1 aliphatic rings. The second kappa shape index (κ2) is 7.24. The lowest BCUT2D eigenvalue weighted by Gasteiger charge is -2.07. The molecule has 3 aromatic carbocycles. The quantitative estimate of drug-likeness (QED) is 0.340. The van der Waals surface area contributed by atoms with Crippen molar-refractivity contribution in [2.75, 3.05) is 6.79 Å². The number of carbonyl (C=O) groups excluding carboxylic acids is 1. The van der Waals surface area contributed by atoms with Crippen LogP contribution in [0, 0.1) is 0 Å². The Hall–Kier alpha value is -3.77. The van der Waals surface area contributed by atoms with E-state index in [1.54, 1.807) is 54.6 Å². The molecule has 7 heteroatoms. The van der Waals surface area contributed by atoms with Crippen LogP contribution in [0.3, 0.4) is 0 Å². The van der Waals surface area contributed by atoms with Crippen LogP contribution in [0.15, 0.2) is 76.1 Å². The predicted molar refractivity (Wildman–Crippen MR) is 110 cm³/mol. The molecule has 30 heavy (non-hydrogen) atoms. The molecule has 4 aromatic rings. The van der Waals surface area contributed by atoms with Crippen LogP contribution in [-0.4, -0.2) is 12.8 Å². The zero-order valence-corrected chi connectivity index (χ0v) is 16.1. The fourth-order valence-corrected chi connectivity index (χ4v) is 3.32. The minimum atomic E-state index is -0.562. The first-order valence-electron chi connectivity index (χ1n) is 9.02. The highest BCUT2D eigenvalue weighted by atomic mass is 35.5. The number of halogens is 1. The maximum atomic E-state index is 12.9. The van der Waals surface area contributed by atoms with Gasteiger partial charge in [-0.2, -0.15) is 0 Å². The minimum Gasteiger partial charge on any atom is -0.463 e. The Morgan fingerprint density at radius 2 is 1.73 bits per heavy atom. The molecule has 0 bridgehead atoms. The van der Waals surface area contributed by atoms with Crippen LogP contribution in [0.25, 0.3) is 22.1 Å². The molecule has 0 saturated heterocycles. The Balaban J connectivity index is 1.44. The monoisotopic (exact) mass is 420 g/mol. The summed E-state index contributed by atoms with van der Waals surface area (Å²) in [6.07, 6.45) is 1.39. The van der Waals surface area contributed by atoms with Gasteiger partial charge in [0.05, 0.1) is 16.5 Å². The standard InChI is InChI=1S/C23H13ClO6/c24-15-4-1-13(2-5-15)18-11-27-20-10-16(6-7-17(20)22(18)25)30-23(26)14-3-8-19-21(9-14)29-12-28-19/h1-11H,12H2. The molecule has 5 rings (SSSR count). The van der Waals surface area contributed by atoms with E-state index in [0.717, 1.165) is 0 Å².